The summed E-state index contributed by atoms with van der Waals surface area (Å²) >= 11 is 0. The molecule has 0 aromatic heterocycles. The van der Waals surface area contributed by atoms with Crippen LogP contribution in [0, 0.1) is 10.1 Å². The Morgan fingerprint density at radius 3 is 2.76 bits per heavy atom. The molecule has 2 rings (SSSR count). The van der Waals surface area contributed by atoms with Crippen molar-refractivity contribution >= 4 is 23.3 Å². The van der Waals surface area contributed by atoms with Gasteiger partial charge in [-0.2, -0.15) is 0 Å². The molecule has 1 unspecified atom stereocenters. The number of nitrogens with zero attached hydrogens (tertiary/aromatic N) is 2. The van der Waals surface area contributed by atoms with Crippen molar-refractivity contribution in [1.29, 1.82) is 0 Å². The SMILES string of the molecule is CC(=O)NC1CCN(c2ccc([N+](=O)[O-])c(C(=O)O)c2)C1. The van der Waals surface area contributed by atoms with E-state index in [0.717, 1.165) is 6.42 Å². The minimum absolute atomic E-state index is 0.00553. The van der Waals surface area contributed by atoms with Gasteiger partial charge in [0.1, 0.15) is 5.56 Å². The quantitative estimate of drug-likeness (QED) is 0.632. The van der Waals surface area contributed by atoms with Crippen LogP contribution in [0.2, 0.25) is 0 Å². The third-order valence-corrected chi connectivity index (χ3v) is 3.37. The molecule has 1 saturated heterocycles. The summed E-state index contributed by atoms with van der Waals surface area (Å²) in [5, 5.41) is 22.7. The number of rotatable bonds is 4. The fraction of sp³-hybridized carbons (Fsp3) is 0.385. The van der Waals surface area contributed by atoms with Crippen molar-refractivity contribution in [3.63, 3.8) is 0 Å². The molecule has 1 amide bonds. The summed E-state index contributed by atoms with van der Waals surface area (Å²) in [6, 6.07) is 4.04. The van der Waals surface area contributed by atoms with E-state index < -0.39 is 16.6 Å². The number of anilines is 1. The Labute approximate surface area is 120 Å². The van der Waals surface area contributed by atoms with Crippen molar-refractivity contribution in [2.24, 2.45) is 0 Å². The first kappa shape index (κ1) is 14.8. The Kier molecular flexibility index (Phi) is 4.06. The van der Waals surface area contributed by atoms with Gasteiger partial charge in [-0.1, -0.05) is 0 Å². The number of hydrogen-bond acceptors (Lipinski definition) is 5. The van der Waals surface area contributed by atoms with Crippen LogP contribution in [-0.2, 0) is 4.79 Å². The Hall–Kier alpha value is -2.64. The first-order valence-electron chi connectivity index (χ1n) is 6.42. The molecule has 21 heavy (non-hydrogen) atoms. The van der Waals surface area contributed by atoms with Crippen molar-refractivity contribution in [2.75, 3.05) is 18.0 Å². The van der Waals surface area contributed by atoms with Gasteiger partial charge in [-0.15, -0.1) is 0 Å². The van der Waals surface area contributed by atoms with E-state index >= 15 is 0 Å². The second-order valence-corrected chi connectivity index (χ2v) is 4.90. The summed E-state index contributed by atoms with van der Waals surface area (Å²) in [5.74, 6) is -1.45. The zero-order valence-corrected chi connectivity index (χ0v) is 11.4. The second-order valence-electron chi connectivity index (χ2n) is 4.90. The largest absolute Gasteiger partial charge is 0.477 e. The molecule has 0 aliphatic carbocycles. The number of aromatic carboxylic acids is 1. The van der Waals surface area contributed by atoms with Crippen molar-refractivity contribution in [1.82, 2.24) is 5.32 Å². The summed E-state index contributed by atoms with van der Waals surface area (Å²) in [6.07, 6.45) is 0.749. The monoisotopic (exact) mass is 293 g/mol. The van der Waals surface area contributed by atoms with E-state index in [1.165, 1.54) is 25.1 Å². The summed E-state index contributed by atoms with van der Waals surface area (Å²) in [4.78, 5) is 34.1. The van der Waals surface area contributed by atoms with Gasteiger partial charge in [0.25, 0.3) is 5.69 Å². The van der Waals surface area contributed by atoms with Gasteiger partial charge < -0.3 is 15.3 Å². The predicted octanol–water partition coefficient (Wildman–Crippen LogP) is 1.01. The lowest BCUT2D eigenvalue weighted by molar-refractivity contribution is -0.385. The van der Waals surface area contributed by atoms with E-state index in [0.29, 0.717) is 18.8 Å². The average molecular weight is 293 g/mol. The molecule has 1 atom stereocenters. The lowest BCUT2D eigenvalue weighted by Gasteiger charge is -2.19. The Balaban J connectivity index is 2.22. The number of nitro benzene ring substituents is 1. The molecule has 1 aromatic rings. The second kappa shape index (κ2) is 5.78. The van der Waals surface area contributed by atoms with Crippen LogP contribution in [0.15, 0.2) is 18.2 Å². The molecule has 8 nitrogen and oxygen atoms in total. The number of carbonyl (C=O) groups is 2. The van der Waals surface area contributed by atoms with Gasteiger partial charge in [0.2, 0.25) is 5.91 Å². The van der Waals surface area contributed by atoms with E-state index in [9.17, 15) is 19.7 Å². The van der Waals surface area contributed by atoms with Crippen molar-refractivity contribution < 1.29 is 19.6 Å². The van der Waals surface area contributed by atoms with Gasteiger partial charge in [-0.05, 0) is 18.6 Å². The summed E-state index contributed by atoms with van der Waals surface area (Å²) in [5.41, 5.74) is -0.157. The van der Waals surface area contributed by atoms with Crippen molar-refractivity contribution in [2.45, 2.75) is 19.4 Å². The highest BCUT2D eigenvalue weighted by molar-refractivity contribution is 5.93. The summed E-state index contributed by atoms with van der Waals surface area (Å²) in [6.45, 7) is 2.65. The van der Waals surface area contributed by atoms with Crippen molar-refractivity contribution in [3.8, 4) is 0 Å². The molecule has 112 valence electrons. The molecule has 1 fully saturated rings. The molecule has 8 heteroatoms. The minimum Gasteiger partial charge on any atom is -0.477 e. The number of amides is 1. The zero-order valence-electron chi connectivity index (χ0n) is 11.4. The van der Waals surface area contributed by atoms with Gasteiger partial charge in [-0.25, -0.2) is 4.79 Å². The van der Waals surface area contributed by atoms with Gasteiger partial charge in [-0.3, -0.25) is 14.9 Å². The van der Waals surface area contributed by atoms with E-state index in [4.69, 9.17) is 5.11 Å². The number of nitrogens with one attached hydrogen (secondary N) is 1. The molecule has 0 spiro atoms. The highest BCUT2D eigenvalue weighted by Crippen LogP contribution is 2.27. The third kappa shape index (κ3) is 3.28. The Bertz CT molecular complexity index is 601. The Morgan fingerprint density at radius 1 is 1.48 bits per heavy atom. The maximum Gasteiger partial charge on any atom is 0.342 e. The fourth-order valence-electron chi connectivity index (χ4n) is 2.45. The van der Waals surface area contributed by atoms with E-state index in [2.05, 4.69) is 5.32 Å². The standard InChI is InChI=1S/C13H15N3O5/c1-8(17)14-9-4-5-15(7-9)10-2-3-12(16(20)21)11(6-10)13(18)19/h2-3,6,9H,4-5,7H2,1H3,(H,14,17)(H,18,19). The highest BCUT2D eigenvalue weighted by Gasteiger charge is 2.26. The molecule has 0 radical (unpaired) electrons. The lowest BCUT2D eigenvalue weighted by atomic mass is 10.1. The number of carboxylic acid groups (broad SMARTS) is 1. The number of benzene rings is 1. The topological polar surface area (TPSA) is 113 Å². The van der Waals surface area contributed by atoms with Gasteiger partial charge in [0.15, 0.2) is 0 Å². The van der Waals surface area contributed by atoms with Crippen LogP contribution in [0.4, 0.5) is 11.4 Å². The van der Waals surface area contributed by atoms with Crippen LogP contribution in [0.25, 0.3) is 0 Å². The molecule has 1 aliphatic rings. The van der Waals surface area contributed by atoms with Crippen LogP contribution < -0.4 is 10.2 Å². The Morgan fingerprint density at radius 2 is 2.19 bits per heavy atom. The van der Waals surface area contributed by atoms with Crippen molar-refractivity contribution in [3.05, 3.63) is 33.9 Å². The molecule has 1 heterocycles. The van der Waals surface area contributed by atoms with Crippen LogP contribution in [0.3, 0.4) is 0 Å². The molecule has 0 saturated carbocycles. The van der Waals surface area contributed by atoms with Crippen LogP contribution >= 0.6 is 0 Å². The first-order chi connectivity index (χ1) is 9.88. The third-order valence-electron chi connectivity index (χ3n) is 3.37. The van der Waals surface area contributed by atoms with E-state index in [-0.39, 0.29) is 17.5 Å². The van der Waals surface area contributed by atoms with Crippen LogP contribution in [-0.4, -0.2) is 41.0 Å². The summed E-state index contributed by atoms with van der Waals surface area (Å²) < 4.78 is 0. The average Bonchev–Trinajstić information content (AvgIpc) is 2.85. The van der Waals surface area contributed by atoms with Gasteiger partial charge in [0.05, 0.1) is 4.92 Å². The minimum atomic E-state index is -1.33. The molecule has 1 aromatic carbocycles. The number of carbonyl (C=O) groups excluding carboxylic acids is 1. The van der Waals surface area contributed by atoms with Gasteiger partial charge >= 0.3 is 5.97 Å². The molecule has 1 aliphatic heterocycles. The maximum absolute atomic E-state index is 11.1. The molecule has 0 bridgehead atoms. The van der Waals surface area contributed by atoms with E-state index in [1.807, 2.05) is 4.90 Å². The molecule has 2 N–H and O–H groups in total. The summed E-state index contributed by atoms with van der Waals surface area (Å²) in [7, 11) is 0. The smallest absolute Gasteiger partial charge is 0.342 e. The molecular formula is C13H15N3O5. The predicted molar refractivity (Wildman–Crippen MR) is 74.5 cm³/mol. The number of carboxylic acids is 1. The number of nitro groups is 1. The normalized spacial score (nSPS) is 17.6. The molecular weight excluding hydrogens is 278 g/mol. The van der Waals surface area contributed by atoms with E-state index in [1.54, 1.807) is 0 Å². The van der Waals surface area contributed by atoms with Crippen LogP contribution in [0.5, 0.6) is 0 Å². The van der Waals surface area contributed by atoms with Gasteiger partial charge in [0, 0.05) is 37.8 Å². The fourth-order valence-corrected chi connectivity index (χ4v) is 2.45. The highest BCUT2D eigenvalue weighted by atomic mass is 16.6. The zero-order chi connectivity index (χ0) is 15.6. The maximum atomic E-state index is 11.1. The first-order valence-corrected chi connectivity index (χ1v) is 6.42. The number of hydrogen-bond donors (Lipinski definition) is 2. The van der Waals surface area contributed by atoms with Crippen LogP contribution in [0.1, 0.15) is 23.7 Å². The lowest BCUT2D eigenvalue weighted by Crippen LogP contribution is -2.35.